The summed E-state index contributed by atoms with van der Waals surface area (Å²) < 4.78 is 4.95. The number of hydrogen-bond donors (Lipinski definition) is 2. The molecule has 0 saturated heterocycles. The van der Waals surface area contributed by atoms with Crippen molar-refractivity contribution >= 4 is 5.69 Å². The van der Waals surface area contributed by atoms with E-state index in [1.54, 1.807) is 20.1 Å². The third kappa shape index (κ3) is 4.36. The number of nitriles is 1. The van der Waals surface area contributed by atoms with Gasteiger partial charge in [-0.3, -0.25) is 0 Å². The molecule has 0 aliphatic carbocycles. The second-order valence-electron chi connectivity index (χ2n) is 4.75. The van der Waals surface area contributed by atoms with Gasteiger partial charge in [0.25, 0.3) is 0 Å². The first-order chi connectivity index (χ1) is 8.48. The predicted molar refractivity (Wildman–Crippen MR) is 71.5 cm³/mol. The first kappa shape index (κ1) is 14.5. The van der Waals surface area contributed by atoms with Gasteiger partial charge in [0, 0.05) is 26.7 Å². The van der Waals surface area contributed by atoms with Gasteiger partial charge in [0.15, 0.2) is 0 Å². The van der Waals surface area contributed by atoms with Gasteiger partial charge in [-0.1, -0.05) is 6.07 Å². The van der Waals surface area contributed by atoms with E-state index in [2.05, 4.69) is 11.4 Å². The fraction of sp³-hybridized carbons (Fsp3) is 0.500. The van der Waals surface area contributed by atoms with E-state index in [0.717, 1.165) is 11.3 Å². The Balaban J connectivity index is 2.68. The minimum Gasteiger partial charge on any atom is -0.388 e. The number of methoxy groups -OCH3 is 1. The molecule has 0 aliphatic rings. The normalized spacial score (nSPS) is 13.7. The molecular formula is C14H20N2O2. The zero-order valence-electron chi connectivity index (χ0n) is 11.2. The van der Waals surface area contributed by atoms with Crippen molar-refractivity contribution in [3.63, 3.8) is 0 Å². The van der Waals surface area contributed by atoms with E-state index in [-0.39, 0.29) is 0 Å². The lowest BCUT2D eigenvalue weighted by molar-refractivity contribution is 0.0357. The highest BCUT2D eigenvalue weighted by atomic mass is 16.5. The van der Waals surface area contributed by atoms with Crippen molar-refractivity contribution in [2.45, 2.75) is 25.9 Å². The highest BCUT2D eigenvalue weighted by Gasteiger charge is 2.20. The molecule has 0 aromatic heterocycles. The summed E-state index contributed by atoms with van der Waals surface area (Å²) in [4.78, 5) is 0. The van der Waals surface area contributed by atoms with E-state index >= 15 is 0 Å². The van der Waals surface area contributed by atoms with Crippen molar-refractivity contribution < 1.29 is 9.84 Å². The molecule has 1 atom stereocenters. The highest BCUT2D eigenvalue weighted by Crippen LogP contribution is 2.18. The van der Waals surface area contributed by atoms with Crippen molar-refractivity contribution in [3.8, 4) is 6.07 Å². The summed E-state index contributed by atoms with van der Waals surface area (Å²) in [6.07, 6.45) is 0.546. The number of aryl methyl sites for hydroxylation is 1. The summed E-state index contributed by atoms with van der Waals surface area (Å²) in [6, 6.07) is 7.72. The van der Waals surface area contributed by atoms with Crippen LogP contribution in [0.2, 0.25) is 0 Å². The zero-order valence-corrected chi connectivity index (χ0v) is 11.2. The number of aliphatic hydroxyl groups is 1. The lowest BCUT2D eigenvalue weighted by Gasteiger charge is -2.24. The second kappa shape index (κ2) is 6.39. The van der Waals surface area contributed by atoms with Gasteiger partial charge >= 0.3 is 0 Å². The lowest BCUT2D eigenvalue weighted by atomic mass is 10.0. The predicted octanol–water partition coefficient (Wildman–Crippen LogP) is 2.07. The maximum absolute atomic E-state index is 10.1. The molecule has 1 aromatic rings. The van der Waals surface area contributed by atoms with Crippen molar-refractivity contribution in [1.82, 2.24) is 0 Å². The average Bonchev–Trinajstić information content (AvgIpc) is 2.34. The van der Waals surface area contributed by atoms with E-state index in [1.165, 1.54) is 0 Å². The van der Waals surface area contributed by atoms with Crippen LogP contribution in [-0.4, -0.2) is 31.0 Å². The summed E-state index contributed by atoms with van der Waals surface area (Å²) in [6.45, 7) is 4.61. The quantitative estimate of drug-likeness (QED) is 0.808. The SMILES string of the molecule is COCCC(C)(O)CNc1cc(C)ccc1C#N. The standard InChI is InChI=1S/C14H20N2O2/c1-11-4-5-12(9-15)13(8-11)16-10-14(2,17)6-7-18-3/h4-5,8,16-17H,6-7,10H2,1-3H3. The smallest absolute Gasteiger partial charge is 0.101 e. The first-order valence-corrected chi connectivity index (χ1v) is 5.94. The summed E-state index contributed by atoms with van der Waals surface area (Å²) in [5.74, 6) is 0. The summed E-state index contributed by atoms with van der Waals surface area (Å²) in [7, 11) is 1.61. The Labute approximate surface area is 108 Å². The third-order valence-electron chi connectivity index (χ3n) is 2.80. The lowest BCUT2D eigenvalue weighted by Crippen LogP contribution is -2.34. The van der Waals surface area contributed by atoms with Crippen LogP contribution in [0.1, 0.15) is 24.5 Å². The average molecular weight is 248 g/mol. The minimum absolute atomic E-state index is 0.383. The number of nitrogens with zero attached hydrogens (tertiary/aromatic N) is 1. The number of anilines is 1. The molecule has 0 aliphatic heterocycles. The maximum atomic E-state index is 10.1. The van der Waals surface area contributed by atoms with Gasteiger partial charge in [-0.2, -0.15) is 5.26 Å². The van der Waals surface area contributed by atoms with Gasteiger partial charge in [0.2, 0.25) is 0 Å². The molecule has 0 spiro atoms. The summed E-state index contributed by atoms with van der Waals surface area (Å²) in [5, 5.41) is 22.2. The molecule has 98 valence electrons. The van der Waals surface area contributed by atoms with Crippen LogP contribution < -0.4 is 5.32 Å². The fourth-order valence-electron chi connectivity index (χ4n) is 1.60. The van der Waals surface area contributed by atoms with Gasteiger partial charge in [-0.05, 0) is 31.5 Å². The van der Waals surface area contributed by atoms with Crippen molar-refractivity contribution in [2.24, 2.45) is 0 Å². The van der Waals surface area contributed by atoms with Crippen LogP contribution in [0.25, 0.3) is 0 Å². The number of nitrogens with one attached hydrogen (secondary N) is 1. The van der Waals surface area contributed by atoms with Crippen LogP contribution in [0.4, 0.5) is 5.69 Å². The van der Waals surface area contributed by atoms with Crippen LogP contribution in [0.5, 0.6) is 0 Å². The molecular weight excluding hydrogens is 228 g/mol. The molecule has 18 heavy (non-hydrogen) atoms. The van der Waals surface area contributed by atoms with E-state index < -0.39 is 5.60 Å². The van der Waals surface area contributed by atoms with Crippen molar-refractivity contribution in [1.29, 1.82) is 5.26 Å². The largest absolute Gasteiger partial charge is 0.388 e. The molecule has 4 heteroatoms. The fourth-order valence-corrected chi connectivity index (χ4v) is 1.60. The van der Waals surface area contributed by atoms with Gasteiger partial charge in [0.05, 0.1) is 16.9 Å². The Morgan fingerprint density at radius 1 is 1.50 bits per heavy atom. The Morgan fingerprint density at radius 3 is 2.83 bits per heavy atom. The van der Waals surface area contributed by atoms with Gasteiger partial charge < -0.3 is 15.2 Å². The molecule has 0 fully saturated rings. The molecule has 0 bridgehead atoms. The van der Waals surface area contributed by atoms with Crippen LogP contribution in [-0.2, 0) is 4.74 Å². The molecule has 0 amide bonds. The van der Waals surface area contributed by atoms with E-state index in [1.807, 2.05) is 19.1 Å². The summed E-state index contributed by atoms with van der Waals surface area (Å²) >= 11 is 0. The first-order valence-electron chi connectivity index (χ1n) is 5.94. The number of benzene rings is 1. The van der Waals surface area contributed by atoms with Crippen LogP contribution in [0, 0.1) is 18.3 Å². The molecule has 1 unspecified atom stereocenters. The molecule has 0 saturated carbocycles. The second-order valence-corrected chi connectivity index (χ2v) is 4.75. The Morgan fingerprint density at radius 2 is 2.22 bits per heavy atom. The Bertz CT molecular complexity index is 436. The zero-order chi connectivity index (χ0) is 13.6. The molecule has 1 aromatic carbocycles. The molecule has 2 N–H and O–H groups in total. The number of hydrogen-bond acceptors (Lipinski definition) is 4. The molecule has 4 nitrogen and oxygen atoms in total. The van der Waals surface area contributed by atoms with Crippen molar-refractivity contribution in [3.05, 3.63) is 29.3 Å². The summed E-state index contributed by atoms with van der Waals surface area (Å²) in [5.41, 5.74) is 1.57. The monoisotopic (exact) mass is 248 g/mol. The molecule has 0 radical (unpaired) electrons. The topological polar surface area (TPSA) is 65.3 Å². The maximum Gasteiger partial charge on any atom is 0.101 e. The van der Waals surface area contributed by atoms with Crippen molar-refractivity contribution in [2.75, 3.05) is 25.6 Å². The van der Waals surface area contributed by atoms with Gasteiger partial charge in [-0.15, -0.1) is 0 Å². The Hall–Kier alpha value is -1.57. The minimum atomic E-state index is -0.855. The van der Waals surface area contributed by atoms with E-state index in [9.17, 15) is 5.11 Å². The van der Waals surface area contributed by atoms with E-state index in [0.29, 0.717) is 25.1 Å². The van der Waals surface area contributed by atoms with Crippen LogP contribution >= 0.6 is 0 Å². The molecule has 0 heterocycles. The van der Waals surface area contributed by atoms with Gasteiger partial charge in [-0.25, -0.2) is 0 Å². The number of ether oxygens (including phenoxy) is 1. The molecule has 1 rings (SSSR count). The van der Waals surface area contributed by atoms with E-state index in [4.69, 9.17) is 10.00 Å². The highest BCUT2D eigenvalue weighted by molar-refractivity contribution is 5.58. The van der Waals surface area contributed by atoms with Crippen LogP contribution in [0.3, 0.4) is 0 Å². The van der Waals surface area contributed by atoms with Crippen LogP contribution in [0.15, 0.2) is 18.2 Å². The third-order valence-corrected chi connectivity index (χ3v) is 2.80. The Kier molecular flexibility index (Phi) is 5.14. The number of rotatable bonds is 6. The van der Waals surface area contributed by atoms with Gasteiger partial charge in [0.1, 0.15) is 6.07 Å².